The third-order valence-electron chi connectivity index (χ3n) is 5.87. The molecule has 1 aliphatic carbocycles. The zero-order valence-corrected chi connectivity index (χ0v) is 16.9. The molecule has 9 nitrogen and oxygen atoms in total. The van der Waals surface area contributed by atoms with Crippen molar-refractivity contribution in [2.75, 3.05) is 5.32 Å². The zero-order valence-electron chi connectivity index (χ0n) is 16.9. The lowest BCUT2D eigenvalue weighted by Crippen LogP contribution is -2.23. The van der Waals surface area contributed by atoms with E-state index in [-0.39, 0.29) is 17.5 Å². The van der Waals surface area contributed by atoms with Crippen molar-refractivity contribution >= 4 is 22.4 Å². The molecule has 0 spiro atoms. The van der Waals surface area contributed by atoms with Crippen molar-refractivity contribution in [3.8, 4) is 6.07 Å². The van der Waals surface area contributed by atoms with Crippen LogP contribution in [0.2, 0.25) is 0 Å². The van der Waals surface area contributed by atoms with Gasteiger partial charge in [-0.25, -0.2) is 4.68 Å². The Balaban J connectivity index is 1.47. The zero-order chi connectivity index (χ0) is 21.2. The average molecular weight is 414 g/mol. The van der Waals surface area contributed by atoms with Crippen LogP contribution in [0.3, 0.4) is 0 Å². The summed E-state index contributed by atoms with van der Waals surface area (Å²) >= 11 is 0. The molecule has 1 fully saturated rings. The van der Waals surface area contributed by atoms with Crippen LogP contribution in [0.5, 0.6) is 0 Å². The number of H-pyrrole nitrogens is 1. The number of anilines is 2. The standard InChI is InChI=1S/C22H22N8O/c23-13-16-3-1-2-4-18(16)30-19-9-10-24-22(31)20(19)21(27-30)26-17-7-5-15(6-8-17)14-29-12-11-25-28-29/h5-12,16,18H,1-4,14H2,(H,24,31)(H,26,27). The van der Waals surface area contributed by atoms with Crippen molar-refractivity contribution in [3.05, 3.63) is 64.8 Å². The number of hydrogen-bond donors (Lipinski definition) is 2. The van der Waals surface area contributed by atoms with E-state index < -0.39 is 0 Å². The summed E-state index contributed by atoms with van der Waals surface area (Å²) in [6.07, 6.45) is 8.97. The summed E-state index contributed by atoms with van der Waals surface area (Å²) in [7, 11) is 0. The van der Waals surface area contributed by atoms with E-state index in [9.17, 15) is 10.1 Å². The van der Waals surface area contributed by atoms with E-state index in [1.807, 2.05) is 41.2 Å². The third-order valence-corrected chi connectivity index (χ3v) is 5.87. The second-order valence-corrected chi connectivity index (χ2v) is 7.87. The fourth-order valence-electron chi connectivity index (χ4n) is 4.33. The molecular formula is C22H22N8O. The number of aromatic amines is 1. The molecule has 3 aromatic heterocycles. The second kappa shape index (κ2) is 8.07. The molecular weight excluding hydrogens is 392 g/mol. The Bertz CT molecular complexity index is 1280. The van der Waals surface area contributed by atoms with E-state index in [0.717, 1.165) is 42.5 Å². The molecule has 9 heteroatoms. The highest BCUT2D eigenvalue weighted by Crippen LogP contribution is 2.36. The van der Waals surface area contributed by atoms with Gasteiger partial charge in [0.05, 0.1) is 36.3 Å². The van der Waals surface area contributed by atoms with Gasteiger partial charge in [0.2, 0.25) is 0 Å². The van der Waals surface area contributed by atoms with Crippen molar-refractivity contribution in [1.29, 1.82) is 5.26 Å². The molecule has 31 heavy (non-hydrogen) atoms. The van der Waals surface area contributed by atoms with Crippen molar-refractivity contribution in [2.45, 2.75) is 38.3 Å². The summed E-state index contributed by atoms with van der Waals surface area (Å²) in [5.74, 6) is 0.406. The van der Waals surface area contributed by atoms with Crippen LogP contribution in [0.4, 0.5) is 11.5 Å². The minimum Gasteiger partial charge on any atom is -0.338 e. The Morgan fingerprint density at radius 3 is 2.81 bits per heavy atom. The van der Waals surface area contributed by atoms with Gasteiger partial charge >= 0.3 is 0 Å². The first-order chi connectivity index (χ1) is 15.2. The fraction of sp³-hybridized carbons (Fsp3) is 0.318. The number of benzene rings is 1. The van der Waals surface area contributed by atoms with Crippen molar-refractivity contribution in [2.24, 2.45) is 5.92 Å². The summed E-state index contributed by atoms with van der Waals surface area (Å²) < 4.78 is 3.63. The van der Waals surface area contributed by atoms with Crippen LogP contribution >= 0.6 is 0 Å². The molecule has 3 heterocycles. The minimum absolute atomic E-state index is 0.0244. The summed E-state index contributed by atoms with van der Waals surface area (Å²) in [5.41, 5.74) is 2.47. The van der Waals surface area contributed by atoms with E-state index in [1.54, 1.807) is 17.1 Å². The van der Waals surface area contributed by atoms with Gasteiger partial charge in [-0.1, -0.05) is 30.2 Å². The maximum absolute atomic E-state index is 12.6. The molecule has 0 saturated heterocycles. The monoisotopic (exact) mass is 414 g/mol. The van der Waals surface area contributed by atoms with Gasteiger partial charge in [0.15, 0.2) is 5.82 Å². The smallest absolute Gasteiger partial charge is 0.261 e. The van der Waals surface area contributed by atoms with Gasteiger partial charge in [-0.15, -0.1) is 5.10 Å². The molecule has 2 N–H and O–H groups in total. The van der Waals surface area contributed by atoms with Gasteiger partial charge in [-0.2, -0.15) is 10.4 Å². The normalized spacial score (nSPS) is 18.7. The fourth-order valence-corrected chi connectivity index (χ4v) is 4.33. The molecule has 1 aliphatic rings. The van der Waals surface area contributed by atoms with Crippen LogP contribution in [0.1, 0.15) is 37.3 Å². The van der Waals surface area contributed by atoms with Crippen LogP contribution in [0, 0.1) is 17.2 Å². The van der Waals surface area contributed by atoms with E-state index >= 15 is 0 Å². The topological polar surface area (TPSA) is 117 Å². The summed E-state index contributed by atoms with van der Waals surface area (Å²) in [5, 5.41) is 26.0. The Hall–Kier alpha value is -3.93. The van der Waals surface area contributed by atoms with Gasteiger partial charge in [-0.3, -0.25) is 9.48 Å². The molecule has 0 radical (unpaired) electrons. The van der Waals surface area contributed by atoms with Crippen molar-refractivity contribution < 1.29 is 0 Å². The quantitative estimate of drug-likeness (QED) is 0.517. The number of nitrogens with zero attached hydrogens (tertiary/aromatic N) is 6. The lowest BCUT2D eigenvalue weighted by atomic mass is 9.85. The van der Waals surface area contributed by atoms with Crippen LogP contribution < -0.4 is 10.9 Å². The SMILES string of the molecule is N#CC1CCCCC1n1nc(Nc2ccc(Cn3ccnn3)cc2)c2c(=O)[nH]ccc21. The Morgan fingerprint density at radius 1 is 1.19 bits per heavy atom. The predicted octanol–water partition coefficient (Wildman–Crippen LogP) is 3.36. The maximum Gasteiger partial charge on any atom is 0.261 e. The van der Waals surface area contributed by atoms with Crippen LogP contribution in [-0.4, -0.2) is 29.8 Å². The van der Waals surface area contributed by atoms with Crippen LogP contribution in [0.15, 0.2) is 53.7 Å². The van der Waals surface area contributed by atoms with E-state index in [0.29, 0.717) is 17.7 Å². The highest BCUT2D eigenvalue weighted by Gasteiger charge is 2.29. The van der Waals surface area contributed by atoms with Gasteiger partial charge < -0.3 is 10.3 Å². The first-order valence-corrected chi connectivity index (χ1v) is 10.4. The number of hydrogen-bond acceptors (Lipinski definition) is 6. The van der Waals surface area contributed by atoms with Crippen LogP contribution in [-0.2, 0) is 6.54 Å². The predicted molar refractivity (Wildman–Crippen MR) is 116 cm³/mol. The second-order valence-electron chi connectivity index (χ2n) is 7.87. The molecule has 2 unspecified atom stereocenters. The summed E-state index contributed by atoms with van der Waals surface area (Å²) in [4.78, 5) is 15.4. The first kappa shape index (κ1) is 19.1. The molecule has 0 amide bonds. The van der Waals surface area contributed by atoms with Crippen molar-refractivity contribution in [1.82, 2.24) is 29.8 Å². The molecule has 156 valence electrons. The number of nitriles is 1. The Labute approximate surface area is 178 Å². The largest absolute Gasteiger partial charge is 0.338 e. The summed E-state index contributed by atoms with van der Waals surface area (Å²) in [6.45, 7) is 0.634. The molecule has 0 aliphatic heterocycles. The highest BCUT2D eigenvalue weighted by atomic mass is 16.1. The molecule has 5 rings (SSSR count). The number of fused-ring (bicyclic) bond motifs is 1. The van der Waals surface area contributed by atoms with Gasteiger partial charge in [-0.05, 0) is 36.6 Å². The van der Waals surface area contributed by atoms with Gasteiger partial charge in [0.1, 0.15) is 5.39 Å². The molecule has 4 aromatic rings. The lowest BCUT2D eigenvalue weighted by Gasteiger charge is -2.27. The molecule has 0 bridgehead atoms. The van der Waals surface area contributed by atoms with E-state index in [2.05, 4.69) is 26.7 Å². The Morgan fingerprint density at radius 2 is 2.03 bits per heavy atom. The number of pyridine rings is 1. The Kier molecular flexibility index (Phi) is 4.96. The number of rotatable bonds is 5. The maximum atomic E-state index is 12.6. The van der Waals surface area contributed by atoms with Gasteiger partial charge in [0.25, 0.3) is 5.56 Å². The summed E-state index contributed by atoms with van der Waals surface area (Å²) in [6, 6.07) is 12.2. The first-order valence-electron chi connectivity index (χ1n) is 10.4. The molecule has 2 atom stereocenters. The third kappa shape index (κ3) is 3.68. The lowest BCUT2D eigenvalue weighted by molar-refractivity contribution is 0.277. The van der Waals surface area contributed by atoms with Crippen LogP contribution in [0.25, 0.3) is 10.9 Å². The highest BCUT2D eigenvalue weighted by molar-refractivity contribution is 5.91. The number of nitrogens with one attached hydrogen (secondary N) is 2. The molecule has 1 saturated carbocycles. The molecule has 1 aromatic carbocycles. The average Bonchev–Trinajstić information content (AvgIpc) is 3.44. The van der Waals surface area contributed by atoms with Crippen molar-refractivity contribution in [3.63, 3.8) is 0 Å². The van der Waals surface area contributed by atoms with E-state index in [1.165, 1.54) is 0 Å². The number of aromatic nitrogens is 6. The van der Waals surface area contributed by atoms with Gasteiger partial charge in [0, 0.05) is 18.1 Å². The van der Waals surface area contributed by atoms with E-state index in [4.69, 9.17) is 5.10 Å². The minimum atomic E-state index is -0.196.